The summed E-state index contributed by atoms with van der Waals surface area (Å²) in [5.41, 5.74) is 0. The Labute approximate surface area is 296 Å². The van der Waals surface area contributed by atoms with Gasteiger partial charge in [0.2, 0.25) is 5.91 Å². The quantitative estimate of drug-likeness (QED) is 0.0267. The van der Waals surface area contributed by atoms with Crippen molar-refractivity contribution < 1.29 is 32.9 Å². The fourth-order valence-electron chi connectivity index (χ4n) is 5.17. The number of rotatable bonds is 34. The highest BCUT2D eigenvalue weighted by molar-refractivity contribution is 7.47. The molecule has 48 heavy (non-hydrogen) atoms. The summed E-state index contributed by atoms with van der Waals surface area (Å²) in [7, 11) is 1.54. The van der Waals surface area contributed by atoms with Crippen LogP contribution < -0.4 is 5.32 Å². The first-order chi connectivity index (χ1) is 23.0. The standard InChI is InChI=1S/C39H75N2O6P/c1-6-8-10-12-14-16-18-19-20-21-23-25-27-29-31-33-39(43)40-37(36-47-48(44,45)46-35-34-41(3,4)5)38(42)32-30-28-26-24-22-17-15-13-11-9-7-2/h19-20,22,24,30,32,37-38,42H,6-18,21,23,25-29,31,33-36H2,1-5H3,(H-,40,43,44,45)/p+1/b20-19+,24-22+,32-30+/t37-,38+/m0/s1. The summed E-state index contributed by atoms with van der Waals surface area (Å²) in [6, 6.07) is -0.863. The van der Waals surface area contributed by atoms with Gasteiger partial charge in [0, 0.05) is 6.42 Å². The first-order valence-corrected chi connectivity index (χ1v) is 20.9. The molecule has 0 rings (SSSR count). The number of carbonyl (C=O) groups is 1. The van der Waals surface area contributed by atoms with Gasteiger partial charge in [0.15, 0.2) is 0 Å². The number of nitrogens with zero attached hydrogens (tertiary/aromatic N) is 1. The predicted molar refractivity (Wildman–Crippen MR) is 203 cm³/mol. The van der Waals surface area contributed by atoms with Crippen LogP contribution in [0.25, 0.3) is 0 Å². The number of amides is 1. The Balaban J connectivity index is 4.57. The van der Waals surface area contributed by atoms with E-state index in [1.165, 1.54) is 83.5 Å². The van der Waals surface area contributed by atoms with Gasteiger partial charge in [-0.2, -0.15) is 0 Å². The molecular formula is C39H76N2O6P+. The van der Waals surface area contributed by atoms with Crippen molar-refractivity contribution in [1.82, 2.24) is 5.32 Å². The lowest BCUT2D eigenvalue weighted by molar-refractivity contribution is -0.870. The van der Waals surface area contributed by atoms with Gasteiger partial charge in [-0.25, -0.2) is 4.57 Å². The number of hydrogen-bond acceptors (Lipinski definition) is 5. The second-order valence-electron chi connectivity index (χ2n) is 14.3. The Morgan fingerprint density at radius 1 is 0.688 bits per heavy atom. The number of hydrogen-bond donors (Lipinski definition) is 3. The summed E-state index contributed by atoms with van der Waals surface area (Å²) >= 11 is 0. The molecule has 3 atom stereocenters. The zero-order valence-corrected chi connectivity index (χ0v) is 32.6. The molecule has 0 saturated carbocycles. The normalized spacial score (nSPS) is 15.1. The zero-order valence-electron chi connectivity index (χ0n) is 31.7. The molecule has 0 fully saturated rings. The molecule has 9 heteroatoms. The highest BCUT2D eigenvalue weighted by atomic mass is 31.2. The molecule has 0 radical (unpaired) electrons. The van der Waals surface area contributed by atoms with Crippen LogP contribution in [-0.4, -0.2) is 73.4 Å². The molecule has 1 unspecified atom stereocenters. The average molecular weight is 700 g/mol. The number of carbonyl (C=O) groups excluding carboxylic acids is 1. The molecule has 0 aliphatic rings. The van der Waals surface area contributed by atoms with E-state index in [0.29, 0.717) is 17.4 Å². The molecule has 8 nitrogen and oxygen atoms in total. The monoisotopic (exact) mass is 700 g/mol. The van der Waals surface area contributed by atoms with E-state index < -0.39 is 20.0 Å². The van der Waals surface area contributed by atoms with Gasteiger partial charge in [0.1, 0.15) is 13.2 Å². The topological polar surface area (TPSA) is 105 Å². The van der Waals surface area contributed by atoms with Gasteiger partial charge >= 0.3 is 7.82 Å². The maximum absolute atomic E-state index is 12.8. The maximum atomic E-state index is 12.8. The van der Waals surface area contributed by atoms with E-state index in [2.05, 4.69) is 43.5 Å². The third-order valence-corrected chi connectivity index (χ3v) is 9.32. The van der Waals surface area contributed by atoms with E-state index in [9.17, 15) is 19.4 Å². The molecule has 0 aromatic heterocycles. The van der Waals surface area contributed by atoms with Crippen molar-refractivity contribution >= 4 is 13.7 Å². The molecule has 282 valence electrons. The molecule has 0 aromatic rings. The van der Waals surface area contributed by atoms with Crippen LogP contribution in [0.1, 0.15) is 155 Å². The van der Waals surface area contributed by atoms with Crippen LogP contribution in [0.5, 0.6) is 0 Å². The predicted octanol–water partition coefficient (Wildman–Crippen LogP) is 9.96. The second-order valence-corrected chi connectivity index (χ2v) is 15.7. The fourth-order valence-corrected chi connectivity index (χ4v) is 5.90. The fraction of sp³-hybridized carbons (Fsp3) is 0.821. The summed E-state index contributed by atoms with van der Waals surface area (Å²) in [5.74, 6) is -0.200. The van der Waals surface area contributed by atoms with E-state index in [1.807, 2.05) is 27.2 Å². The van der Waals surface area contributed by atoms with Crippen LogP contribution in [0.15, 0.2) is 36.5 Å². The van der Waals surface area contributed by atoms with E-state index in [1.54, 1.807) is 6.08 Å². The van der Waals surface area contributed by atoms with Crippen LogP contribution in [0.4, 0.5) is 0 Å². The number of aliphatic hydroxyl groups excluding tert-OH is 1. The van der Waals surface area contributed by atoms with E-state index in [0.717, 1.165) is 51.4 Å². The molecule has 0 spiro atoms. The van der Waals surface area contributed by atoms with Crippen molar-refractivity contribution in [2.24, 2.45) is 0 Å². The first kappa shape index (κ1) is 46.7. The molecule has 0 aliphatic carbocycles. The van der Waals surface area contributed by atoms with Crippen molar-refractivity contribution in [3.63, 3.8) is 0 Å². The highest BCUT2D eigenvalue weighted by Crippen LogP contribution is 2.43. The Morgan fingerprint density at radius 2 is 1.15 bits per heavy atom. The number of phosphoric ester groups is 1. The number of unbranched alkanes of at least 4 members (excludes halogenated alkanes) is 17. The largest absolute Gasteiger partial charge is 0.472 e. The third-order valence-electron chi connectivity index (χ3n) is 8.33. The van der Waals surface area contributed by atoms with E-state index >= 15 is 0 Å². The minimum atomic E-state index is -4.34. The molecular weight excluding hydrogens is 623 g/mol. The Hall–Kier alpha value is -1.28. The summed E-state index contributed by atoms with van der Waals surface area (Å²) in [5, 5.41) is 13.7. The lowest BCUT2D eigenvalue weighted by Gasteiger charge is -2.25. The summed E-state index contributed by atoms with van der Waals surface area (Å²) in [6.07, 6.45) is 36.4. The minimum absolute atomic E-state index is 0.0541. The molecule has 0 bridgehead atoms. The van der Waals surface area contributed by atoms with Gasteiger partial charge in [-0.05, 0) is 57.8 Å². The number of phosphoric acid groups is 1. The summed E-state index contributed by atoms with van der Waals surface area (Å²) in [4.78, 5) is 23.0. The second kappa shape index (κ2) is 31.7. The van der Waals surface area contributed by atoms with Gasteiger partial charge in [0.05, 0.1) is 39.9 Å². The zero-order chi connectivity index (χ0) is 35.8. The summed E-state index contributed by atoms with van der Waals surface area (Å²) in [6.45, 7) is 4.73. The van der Waals surface area contributed by atoms with E-state index in [-0.39, 0.29) is 19.1 Å². The smallest absolute Gasteiger partial charge is 0.387 e. The lowest BCUT2D eigenvalue weighted by atomic mass is 10.1. The lowest BCUT2D eigenvalue weighted by Crippen LogP contribution is -2.45. The number of aliphatic hydroxyl groups is 1. The number of quaternary nitrogens is 1. The first-order valence-electron chi connectivity index (χ1n) is 19.4. The van der Waals surface area contributed by atoms with Crippen molar-refractivity contribution in [3.05, 3.63) is 36.5 Å². The molecule has 3 N–H and O–H groups in total. The number of allylic oxidation sites excluding steroid dienone is 5. The SMILES string of the molecule is CCCCCCC/C=C/CC/C=C/[C@@H](O)[C@H](COP(=O)(O)OCC[N+](C)(C)C)NC(=O)CCCCCCC/C=C/CCCCCCCC. The maximum Gasteiger partial charge on any atom is 0.472 e. The van der Waals surface area contributed by atoms with Crippen molar-refractivity contribution in [2.45, 2.75) is 167 Å². The Morgan fingerprint density at radius 3 is 1.67 bits per heavy atom. The van der Waals surface area contributed by atoms with Gasteiger partial charge in [-0.1, -0.05) is 127 Å². The van der Waals surface area contributed by atoms with Gasteiger partial charge in [-0.3, -0.25) is 13.8 Å². The number of likely N-dealkylation sites (N-methyl/N-ethyl adjacent to an activating group) is 1. The molecule has 0 aliphatic heterocycles. The molecule has 0 aromatic carbocycles. The third kappa shape index (κ3) is 33.2. The van der Waals surface area contributed by atoms with Crippen molar-refractivity contribution in [3.8, 4) is 0 Å². The Bertz CT molecular complexity index is 886. The van der Waals surface area contributed by atoms with E-state index in [4.69, 9.17) is 9.05 Å². The van der Waals surface area contributed by atoms with Crippen LogP contribution in [-0.2, 0) is 18.4 Å². The average Bonchev–Trinajstić information content (AvgIpc) is 3.02. The molecule has 0 saturated heterocycles. The number of nitrogens with one attached hydrogen (secondary N) is 1. The van der Waals surface area contributed by atoms with Gasteiger partial charge < -0.3 is 19.8 Å². The van der Waals surface area contributed by atoms with Crippen LogP contribution in [0.2, 0.25) is 0 Å². The Kier molecular flexibility index (Phi) is 30.8. The van der Waals surface area contributed by atoms with Crippen molar-refractivity contribution in [1.29, 1.82) is 0 Å². The molecule has 1 amide bonds. The van der Waals surface area contributed by atoms with Crippen molar-refractivity contribution in [2.75, 3.05) is 40.9 Å². The van der Waals surface area contributed by atoms with Crippen LogP contribution in [0, 0.1) is 0 Å². The van der Waals surface area contributed by atoms with Crippen LogP contribution in [0.3, 0.4) is 0 Å². The van der Waals surface area contributed by atoms with Gasteiger partial charge in [0.25, 0.3) is 0 Å². The highest BCUT2D eigenvalue weighted by Gasteiger charge is 2.27. The minimum Gasteiger partial charge on any atom is -0.387 e. The van der Waals surface area contributed by atoms with Gasteiger partial charge in [-0.15, -0.1) is 0 Å². The molecule has 0 heterocycles. The summed E-state index contributed by atoms with van der Waals surface area (Å²) < 4.78 is 23.4. The van der Waals surface area contributed by atoms with Crippen LogP contribution >= 0.6 is 7.82 Å².